The zero-order chi connectivity index (χ0) is 14.9. The number of benzene rings is 1. The minimum absolute atomic E-state index is 0.233. The number of nitrogens with one attached hydrogen (secondary N) is 2. The normalized spacial score (nSPS) is 14.0. The number of pyridine rings is 1. The van der Waals surface area contributed by atoms with Crippen molar-refractivity contribution in [2.24, 2.45) is 0 Å². The lowest BCUT2D eigenvalue weighted by Gasteiger charge is -2.08. The van der Waals surface area contributed by atoms with E-state index in [0.717, 1.165) is 13.1 Å². The van der Waals surface area contributed by atoms with Crippen LogP contribution in [0.3, 0.4) is 0 Å². The third kappa shape index (κ3) is 3.22. The molecule has 3 rings (SSSR count). The molecule has 1 aromatic carbocycles. The first-order valence-corrected chi connectivity index (χ1v) is 8.63. The van der Waals surface area contributed by atoms with Gasteiger partial charge in [-0.15, -0.1) is 0 Å². The number of aromatic nitrogens is 1. The van der Waals surface area contributed by atoms with Crippen molar-refractivity contribution in [3.63, 3.8) is 0 Å². The first kappa shape index (κ1) is 14.0. The van der Waals surface area contributed by atoms with Gasteiger partial charge in [0.1, 0.15) is 5.82 Å². The quantitative estimate of drug-likeness (QED) is 0.899. The number of anilines is 1. The molecule has 0 saturated heterocycles. The molecule has 0 spiro atoms. The van der Waals surface area contributed by atoms with Crippen molar-refractivity contribution in [2.45, 2.75) is 24.5 Å². The topological polar surface area (TPSA) is 71.1 Å². The second kappa shape index (κ2) is 5.46. The standard InChI is InChI=1S/C15H17N3O2S/c1-21(19,20)14-4-5-15(18-10-14)17-7-11-2-3-12-8-16-9-13(12)6-11/h2-6,10,16H,7-9H2,1H3,(H,17,18). The molecule has 110 valence electrons. The second-order valence-electron chi connectivity index (χ2n) is 5.21. The van der Waals surface area contributed by atoms with Crippen LogP contribution >= 0.6 is 0 Å². The third-order valence-electron chi connectivity index (χ3n) is 3.54. The van der Waals surface area contributed by atoms with Gasteiger partial charge in [-0.05, 0) is 28.8 Å². The number of hydrogen-bond donors (Lipinski definition) is 2. The fraction of sp³-hybridized carbons (Fsp3) is 0.267. The van der Waals surface area contributed by atoms with Gasteiger partial charge in [0.05, 0.1) is 4.90 Å². The van der Waals surface area contributed by atoms with Crippen LogP contribution in [-0.4, -0.2) is 19.7 Å². The zero-order valence-electron chi connectivity index (χ0n) is 11.8. The molecule has 6 heteroatoms. The summed E-state index contributed by atoms with van der Waals surface area (Å²) in [6.45, 7) is 2.53. The van der Waals surface area contributed by atoms with E-state index in [2.05, 4.69) is 33.8 Å². The molecule has 1 aliphatic heterocycles. The van der Waals surface area contributed by atoms with E-state index in [4.69, 9.17) is 0 Å². The predicted octanol–water partition coefficient (Wildman–Crippen LogP) is 1.70. The summed E-state index contributed by atoms with van der Waals surface area (Å²) in [5.74, 6) is 0.668. The van der Waals surface area contributed by atoms with Gasteiger partial charge in [0.15, 0.2) is 9.84 Å². The molecule has 1 aromatic heterocycles. The van der Waals surface area contributed by atoms with Gasteiger partial charge in [0.25, 0.3) is 0 Å². The number of nitrogens with zero attached hydrogens (tertiary/aromatic N) is 1. The smallest absolute Gasteiger partial charge is 0.177 e. The summed E-state index contributed by atoms with van der Waals surface area (Å²) >= 11 is 0. The monoisotopic (exact) mass is 303 g/mol. The number of hydrogen-bond acceptors (Lipinski definition) is 5. The van der Waals surface area contributed by atoms with Crippen LogP contribution in [0.5, 0.6) is 0 Å². The van der Waals surface area contributed by atoms with Crippen LogP contribution in [0.4, 0.5) is 5.82 Å². The largest absolute Gasteiger partial charge is 0.366 e. The molecule has 0 fully saturated rings. The second-order valence-corrected chi connectivity index (χ2v) is 7.23. The summed E-state index contributed by atoms with van der Waals surface area (Å²) in [4.78, 5) is 4.36. The van der Waals surface area contributed by atoms with Gasteiger partial charge in [-0.25, -0.2) is 13.4 Å². The van der Waals surface area contributed by atoms with Crippen LogP contribution in [0.2, 0.25) is 0 Å². The average molecular weight is 303 g/mol. The summed E-state index contributed by atoms with van der Waals surface area (Å²) in [7, 11) is -3.19. The van der Waals surface area contributed by atoms with Crippen molar-refractivity contribution >= 4 is 15.7 Å². The van der Waals surface area contributed by atoms with Gasteiger partial charge in [-0.1, -0.05) is 18.2 Å². The molecule has 0 bridgehead atoms. The minimum atomic E-state index is -3.19. The summed E-state index contributed by atoms with van der Waals surface area (Å²) < 4.78 is 22.7. The lowest BCUT2D eigenvalue weighted by atomic mass is 10.1. The van der Waals surface area contributed by atoms with Gasteiger partial charge in [-0.2, -0.15) is 0 Å². The Balaban J connectivity index is 1.68. The Hall–Kier alpha value is -1.92. The lowest BCUT2D eigenvalue weighted by molar-refractivity contribution is 0.601. The molecular formula is C15H17N3O2S. The van der Waals surface area contributed by atoms with Crippen molar-refractivity contribution < 1.29 is 8.42 Å². The van der Waals surface area contributed by atoms with Crippen LogP contribution in [0.15, 0.2) is 41.4 Å². The Morgan fingerprint density at radius 2 is 2.00 bits per heavy atom. The van der Waals surface area contributed by atoms with Gasteiger partial charge < -0.3 is 10.6 Å². The molecule has 2 N–H and O–H groups in total. The van der Waals surface area contributed by atoms with E-state index < -0.39 is 9.84 Å². The fourth-order valence-corrected chi connectivity index (χ4v) is 2.91. The Labute approximate surface area is 124 Å². The molecule has 2 aromatic rings. The Kier molecular flexibility index (Phi) is 3.65. The maximum atomic E-state index is 11.4. The van der Waals surface area contributed by atoms with E-state index in [-0.39, 0.29) is 4.90 Å². The van der Waals surface area contributed by atoms with Crippen molar-refractivity contribution in [1.82, 2.24) is 10.3 Å². The highest BCUT2D eigenvalue weighted by atomic mass is 32.2. The highest BCUT2D eigenvalue weighted by molar-refractivity contribution is 7.90. The third-order valence-corrected chi connectivity index (χ3v) is 4.64. The molecule has 0 saturated carbocycles. The highest BCUT2D eigenvalue weighted by Crippen LogP contribution is 2.18. The van der Waals surface area contributed by atoms with Crippen LogP contribution in [0, 0.1) is 0 Å². The van der Waals surface area contributed by atoms with Gasteiger partial charge in [-0.3, -0.25) is 0 Å². The predicted molar refractivity (Wildman–Crippen MR) is 81.7 cm³/mol. The van der Waals surface area contributed by atoms with Gasteiger partial charge >= 0.3 is 0 Å². The van der Waals surface area contributed by atoms with Crippen LogP contribution in [-0.2, 0) is 29.5 Å². The van der Waals surface area contributed by atoms with Crippen LogP contribution in [0.1, 0.15) is 16.7 Å². The Bertz CT molecular complexity index is 755. The number of sulfone groups is 1. The first-order valence-electron chi connectivity index (χ1n) is 6.74. The highest BCUT2D eigenvalue weighted by Gasteiger charge is 2.10. The Morgan fingerprint density at radius 1 is 1.19 bits per heavy atom. The summed E-state index contributed by atoms with van der Waals surface area (Å²) in [5.41, 5.74) is 3.88. The van der Waals surface area contributed by atoms with E-state index >= 15 is 0 Å². The van der Waals surface area contributed by atoms with E-state index in [9.17, 15) is 8.42 Å². The molecule has 0 unspecified atom stereocenters. The maximum Gasteiger partial charge on any atom is 0.177 e. The molecule has 5 nitrogen and oxygen atoms in total. The molecule has 1 aliphatic rings. The molecule has 2 heterocycles. The SMILES string of the molecule is CS(=O)(=O)c1ccc(NCc2ccc3c(c2)CNC3)nc1. The summed E-state index contributed by atoms with van der Waals surface area (Å²) in [5, 5.41) is 6.52. The van der Waals surface area contributed by atoms with Crippen molar-refractivity contribution in [3.05, 3.63) is 53.2 Å². The lowest BCUT2D eigenvalue weighted by Crippen LogP contribution is -2.03. The minimum Gasteiger partial charge on any atom is -0.366 e. The fourth-order valence-electron chi connectivity index (χ4n) is 2.35. The summed E-state index contributed by atoms with van der Waals surface area (Å²) in [6.07, 6.45) is 2.56. The molecule has 21 heavy (non-hydrogen) atoms. The van der Waals surface area contributed by atoms with Gasteiger partial charge in [0, 0.05) is 32.1 Å². The number of fused-ring (bicyclic) bond motifs is 1. The van der Waals surface area contributed by atoms with Crippen molar-refractivity contribution in [3.8, 4) is 0 Å². The molecule has 0 amide bonds. The van der Waals surface area contributed by atoms with Crippen molar-refractivity contribution in [2.75, 3.05) is 11.6 Å². The van der Waals surface area contributed by atoms with E-state index in [1.807, 2.05) is 0 Å². The first-order chi connectivity index (χ1) is 10.0. The van der Waals surface area contributed by atoms with E-state index in [1.54, 1.807) is 12.1 Å². The molecule has 0 aliphatic carbocycles. The average Bonchev–Trinajstić information content (AvgIpc) is 2.92. The maximum absolute atomic E-state index is 11.4. The molecule has 0 radical (unpaired) electrons. The summed E-state index contributed by atoms with van der Waals surface area (Å²) in [6, 6.07) is 9.69. The van der Waals surface area contributed by atoms with Crippen LogP contribution < -0.4 is 10.6 Å². The molecule has 0 atom stereocenters. The van der Waals surface area contributed by atoms with Crippen LogP contribution in [0.25, 0.3) is 0 Å². The zero-order valence-corrected chi connectivity index (χ0v) is 12.6. The van der Waals surface area contributed by atoms with E-state index in [1.165, 1.54) is 29.1 Å². The number of rotatable bonds is 4. The van der Waals surface area contributed by atoms with Crippen molar-refractivity contribution in [1.29, 1.82) is 0 Å². The Morgan fingerprint density at radius 3 is 2.71 bits per heavy atom. The van der Waals surface area contributed by atoms with E-state index in [0.29, 0.717) is 12.4 Å². The molecular weight excluding hydrogens is 286 g/mol. The van der Waals surface area contributed by atoms with Gasteiger partial charge in [0.2, 0.25) is 0 Å².